The van der Waals surface area contributed by atoms with E-state index in [2.05, 4.69) is 21.9 Å². The predicted molar refractivity (Wildman–Crippen MR) is 141 cm³/mol. The first-order chi connectivity index (χ1) is 15.8. The Bertz CT molecular complexity index is 886. The number of rotatable bonds is 15. The fourth-order valence-corrected chi connectivity index (χ4v) is 4.85. The molecular weight excluding hydrogens is 478 g/mol. The minimum absolute atomic E-state index is 0.130. The number of benzene rings is 1. The third-order valence-electron chi connectivity index (χ3n) is 4.82. The van der Waals surface area contributed by atoms with Crippen LogP contribution in [0.5, 0.6) is 0 Å². The molecule has 33 heavy (non-hydrogen) atoms. The molecule has 2 unspecified atom stereocenters. The maximum atomic E-state index is 13.0. The Labute approximate surface area is 210 Å². The molecule has 0 aliphatic heterocycles. The number of carbonyl (C=O) groups excluding carboxylic acids is 2. The summed E-state index contributed by atoms with van der Waals surface area (Å²) in [5, 5.41) is 6.93. The Morgan fingerprint density at radius 3 is 2.70 bits per heavy atom. The number of halogens is 1. The van der Waals surface area contributed by atoms with Crippen LogP contribution in [0.25, 0.3) is 10.1 Å². The summed E-state index contributed by atoms with van der Waals surface area (Å²) in [5.41, 5.74) is 0. The first kappa shape index (κ1) is 27.7. The third kappa shape index (κ3) is 9.66. The van der Waals surface area contributed by atoms with E-state index in [1.807, 2.05) is 51.1 Å². The molecule has 6 nitrogen and oxygen atoms in total. The van der Waals surface area contributed by atoms with Gasteiger partial charge < -0.3 is 15.4 Å². The molecule has 0 aliphatic carbocycles. The van der Waals surface area contributed by atoms with Gasteiger partial charge in [0, 0.05) is 29.3 Å². The molecule has 1 aromatic heterocycles. The number of carbonyl (C=O) groups is 2. The van der Waals surface area contributed by atoms with Crippen LogP contribution >= 0.6 is 34.9 Å². The number of amides is 2. The molecule has 0 spiro atoms. The summed E-state index contributed by atoms with van der Waals surface area (Å²) in [7, 11) is 0. The van der Waals surface area contributed by atoms with Crippen LogP contribution in [0.2, 0.25) is 0 Å². The molecule has 1 heterocycles. The summed E-state index contributed by atoms with van der Waals surface area (Å²) in [4.78, 5) is 27.3. The molecule has 0 saturated heterocycles. The van der Waals surface area contributed by atoms with E-state index in [1.165, 1.54) is 23.3 Å². The molecule has 0 radical (unpaired) electrons. The highest BCUT2D eigenvalue weighted by Crippen LogP contribution is 2.25. The number of alkyl halides is 1. The van der Waals surface area contributed by atoms with Crippen molar-refractivity contribution >= 4 is 56.8 Å². The fourth-order valence-electron chi connectivity index (χ4n) is 3.24. The zero-order valence-corrected chi connectivity index (χ0v) is 21.9. The van der Waals surface area contributed by atoms with E-state index < -0.39 is 6.04 Å². The van der Waals surface area contributed by atoms with Crippen molar-refractivity contribution in [2.75, 3.05) is 25.6 Å². The molecule has 0 fully saturated rings. The van der Waals surface area contributed by atoms with E-state index in [1.54, 1.807) is 0 Å². The van der Waals surface area contributed by atoms with Crippen molar-refractivity contribution in [3.63, 3.8) is 0 Å². The maximum absolute atomic E-state index is 13.0. The van der Waals surface area contributed by atoms with E-state index in [9.17, 15) is 9.59 Å². The molecule has 182 valence electrons. The van der Waals surface area contributed by atoms with Crippen molar-refractivity contribution in [2.24, 2.45) is 5.92 Å². The normalized spacial score (nSPS) is 13.1. The Hall–Kier alpha value is -1.58. The third-order valence-corrected chi connectivity index (χ3v) is 7.20. The molecule has 2 atom stereocenters. The summed E-state index contributed by atoms with van der Waals surface area (Å²) >= 11 is 8.57. The smallest absolute Gasteiger partial charge is 0.262 e. The standard InChI is InChI=1S/C24H34ClN3O3S2/c1-5-31-19(10-11-27-33-17(4)14-25)15-26-23(29)20(12-16(2)3)28-24(30)22-13-18-8-6-7-9-21(18)32-22/h6-9,13,16,19-20,27H,4-5,10-12,14-15H2,1-3H3,(H,26,29)(H,28,30). The van der Waals surface area contributed by atoms with Crippen molar-refractivity contribution in [2.45, 2.75) is 45.8 Å². The second-order valence-electron chi connectivity index (χ2n) is 8.08. The largest absolute Gasteiger partial charge is 0.377 e. The second-order valence-corrected chi connectivity index (χ2v) is 10.5. The van der Waals surface area contributed by atoms with Gasteiger partial charge in [-0.1, -0.05) is 38.6 Å². The van der Waals surface area contributed by atoms with E-state index in [4.69, 9.17) is 16.3 Å². The number of allylic oxidation sites excluding steroid dienone is 1. The van der Waals surface area contributed by atoms with E-state index in [-0.39, 0.29) is 23.8 Å². The van der Waals surface area contributed by atoms with Crippen LogP contribution < -0.4 is 15.4 Å². The van der Waals surface area contributed by atoms with Gasteiger partial charge in [-0.3, -0.25) is 14.3 Å². The number of thiophene rings is 1. The molecule has 3 N–H and O–H groups in total. The van der Waals surface area contributed by atoms with Crippen molar-refractivity contribution in [3.05, 3.63) is 46.7 Å². The lowest BCUT2D eigenvalue weighted by Crippen LogP contribution is -2.49. The number of ether oxygens (including phenoxy) is 1. The van der Waals surface area contributed by atoms with Gasteiger partial charge in [-0.2, -0.15) is 0 Å². The predicted octanol–water partition coefficient (Wildman–Crippen LogP) is 4.95. The Kier molecular flexibility index (Phi) is 12.3. The Morgan fingerprint density at radius 2 is 2.03 bits per heavy atom. The van der Waals surface area contributed by atoms with Crippen LogP contribution in [0.3, 0.4) is 0 Å². The average Bonchev–Trinajstić information content (AvgIpc) is 3.23. The van der Waals surface area contributed by atoms with Gasteiger partial charge in [0.05, 0.1) is 16.9 Å². The summed E-state index contributed by atoms with van der Waals surface area (Å²) in [6, 6.07) is 9.13. The van der Waals surface area contributed by atoms with Crippen LogP contribution in [0.15, 0.2) is 41.8 Å². The van der Waals surface area contributed by atoms with Gasteiger partial charge in [0.25, 0.3) is 5.91 Å². The number of fused-ring (bicyclic) bond motifs is 1. The van der Waals surface area contributed by atoms with Crippen molar-refractivity contribution in [3.8, 4) is 0 Å². The maximum Gasteiger partial charge on any atom is 0.262 e. The first-order valence-corrected chi connectivity index (χ1v) is 13.3. The number of hydrogen-bond donors (Lipinski definition) is 3. The number of hydrogen-bond acceptors (Lipinski definition) is 6. The zero-order chi connectivity index (χ0) is 24.2. The zero-order valence-electron chi connectivity index (χ0n) is 19.5. The fraction of sp³-hybridized carbons (Fsp3) is 0.500. The van der Waals surface area contributed by atoms with Crippen LogP contribution in [0.1, 0.15) is 43.3 Å². The number of nitrogens with one attached hydrogen (secondary N) is 3. The summed E-state index contributed by atoms with van der Waals surface area (Å²) in [6.45, 7) is 11.5. The van der Waals surface area contributed by atoms with Gasteiger partial charge in [0.15, 0.2) is 0 Å². The lowest BCUT2D eigenvalue weighted by atomic mass is 10.0. The molecule has 2 rings (SSSR count). The van der Waals surface area contributed by atoms with Crippen LogP contribution in [-0.2, 0) is 9.53 Å². The topological polar surface area (TPSA) is 79.5 Å². The quantitative estimate of drug-likeness (QED) is 0.179. The van der Waals surface area contributed by atoms with Gasteiger partial charge in [-0.05, 0) is 55.2 Å². The molecule has 9 heteroatoms. The minimum Gasteiger partial charge on any atom is -0.377 e. The highest BCUT2D eigenvalue weighted by atomic mass is 35.5. The van der Waals surface area contributed by atoms with Crippen molar-refractivity contribution < 1.29 is 14.3 Å². The molecule has 2 aromatic rings. The Morgan fingerprint density at radius 1 is 1.27 bits per heavy atom. The lowest BCUT2D eigenvalue weighted by Gasteiger charge is -2.22. The monoisotopic (exact) mass is 511 g/mol. The van der Waals surface area contributed by atoms with E-state index >= 15 is 0 Å². The van der Waals surface area contributed by atoms with Crippen LogP contribution in [-0.4, -0.2) is 49.5 Å². The van der Waals surface area contributed by atoms with Gasteiger partial charge >= 0.3 is 0 Å². The van der Waals surface area contributed by atoms with Crippen LogP contribution in [0, 0.1) is 5.92 Å². The van der Waals surface area contributed by atoms with E-state index in [0.29, 0.717) is 36.9 Å². The summed E-state index contributed by atoms with van der Waals surface area (Å²) in [6.07, 6.45) is 1.15. The second kappa shape index (κ2) is 14.6. The highest BCUT2D eigenvalue weighted by molar-refractivity contribution is 8.01. The van der Waals surface area contributed by atoms with Crippen molar-refractivity contribution in [1.29, 1.82) is 0 Å². The summed E-state index contributed by atoms with van der Waals surface area (Å²) < 4.78 is 10.0. The SMILES string of the molecule is C=C(CCl)SNCCC(CNC(=O)C(CC(C)C)NC(=O)c1cc2ccccc2s1)OCC. The Balaban J connectivity index is 1.93. The van der Waals surface area contributed by atoms with Crippen molar-refractivity contribution in [1.82, 2.24) is 15.4 Å². The van der Waals surface area contributed by atoms with Gasteiger partial charge in [0.2, 0.25) is 5.91 Å². The lowest BCUT2D eigenvalue weighted by molar-refractivity contribution is -0.124. The molecule has 0 saturated carbocycles. The minimum atomic E-state index is -0.606. The van der Waals surface area contributed by atoms with Crippen LogP contribution in [0.4, 0.5) is 0 Å². The van der Waals surface area contributed by atoms with E-state index in [0.717, 1.165) is 21.4 Å². The molecule has 0 bridgehead atoms. The molecule has 0 aliphatic rings. The first-order valence-electron chi connectivity index (χ1n) is 11.2. The van der Waals surface area contributed by atoms with Gasteiger partial charge in [-0.25, -0.2) is 0 Å². The molecule has 2 amide bonds. The molecular formula is C24H34ClN3O3S2. The average molecular weight is 512 g/mol. The van der Waals surface area contributed by atoms with Gasteiger partial charge in [-0.15, -0.1) is 22.9 Å². The summed E-state index contributed by atoms with van der Waals surface area (Å²) in [5.74, 6) is 0.231. The highest BCUT2D eigenvalue weighted by Gasteiger charge is 2.24. The molecule has 1 aromatic carbocycles. The van der Waals surface area contributed by atoms with Gasteiger partial charge in [0.1, 0.15) is 6.04 Å².